The molecule has 6 heteroatoms. The van der Waals surface area contributed by atoms with Crippen LogP contribution in [0, 0.1) is 0 Å². The van der Waals surface area contributed by atoms with Crippen molar-refractivity contribution in [3.05, 3.63) is 54.7 Å². The molecular formula is C19H20N4O2. The lowest BCUT2D eigenvalue weighted by Crippen LogP contribution is -2.49. The predicted molar refractivity (Wildman–Crippen MR) is 95.4 cm³/mol. The van der Waals surface area contributed by atoms with Crippen molar-refractivity contribution in [3.8, 4) is 0 Å². The molecule has 1 amide bonds. The number of carbonyl (C=O) groups is 1. The number of aromatic nitrogens is 2. The minimum atomic E-state index is 0.180. The van der Waals surface area contributed by atoms with Gasteiger partial charge in [0.25, 0.3) is 0 Å². The lowest BCUT2D eigenvalue weighted by molar-refractivity contribution is -0.131. The first-order valence-corrected chi connectivity index (χ1v) is 8.56. The number of hydrogen-bond donors (Lipinski definition) is 0. The Hall–Kier alpha value is -2.89. The van der Waals surface area contributed by atoms with Crippen LogP contribution >= 0.6 is 0 Å². The Morgan fingerprint density at radius 1 is 1.12 bits per heavy atom. The first kappa shape index (κ1) is 15.6. The Morgan fingerprint density at radius 2 is 1.96 bits per heavy atom. The van der Waals surface area contributed by atoms with Crippen molar-refractivity contribution in [2.45, 2.75) is 12.8 Å². The number of anilines is 1. The zero-order valence-corrected chi connectivity index (χ0v) is 14.0. The van der Waals surface area contributed by atoms with Gasteiger partial charge in [0, 0.05) is 56.8 Å². The normalized spacial score (nSPS) is 14.9. The van der Waals surface area contributed by atoms with Crippen molar-refractivity contribution in [2.75, 3.05) is 31.1 Å². The quantitative estimate of drug-likeness (QED) is 0.732. The van der Waals surface area contributed by atoms with Gasteiger partial charge in [-0.1, -0.05) is 18.2 Å². The molecule has 128 valence electrons. The minimum Gasteiger partial charge on any atom is -0.461 e. The van der Waals surface area contributed by atoms with Crippen molar-refractivity contribution < 1.29 is 9.21 Å². The summed E-state index contributed by atoms with van der Waals surface area (Å²) < 4.78 is 5.79. The number of hydrogen-bond acceptors (Lipinski definition) is 5. The minimum absolute atomic E-state index is 0.180. The van der Waals surface area contributed by atoms with Crippen molar-refractivity contribution in [1.29, 1.82) is 0 Å². The van der Waals surface area contributed by atoms with Gasteiger partial charge in [-0.05, 0) is 12.1 Å². The van der Waals surface area contributed by atoms with E-state index in [-0.39, 0.29) is 5.91 Å². The van der Waals surface area contributed by atoms with E-state index < -0.39 is 0 Å². The van der Waals surface area contributed by atoms with Gasteiger partial charge in [-0.25, -0.2) is 4.98 Å². The van der Waals surface area contributed by atoms with Gasteiger partial charge in [0.05, 0.1) is 6.20 Å². The van der Waals surface area contributed by atoms with Crippen LogP contribution in [-0.2, 0) is 11.2 Å². The summed E-state index contributed by atoms with van der Waals surface area (Å²) in [7, 11) is 0. The summed E-state index contributed by atoms with van der Waals surface area (Å²) in [6.07, 6.45) is 6.24. The zero-order valence-electron chi connectivity index (χ0n) is 14.0. The van der Waals surface area contributed by atoms with Gasteiger partial charge in [0.1, 0.15) is 17.2 Å². The number of carbonyl (C=O) groups excluding carboxylic acids is 1. The van der Waals surface area contributed by atoms with E-state index in [1.807, 2.05) is 35.2 Å². The van der Waals surface area contributed by atoms with Gasteiger partial charge in [-0.2, -0.15) is 0 Å². The first-order valence-electron chi connectivity index (χ1n) is 8.56. The van der Waals surface area contributed by atoms with Gasteiger partial charge < -0.3 is 14.2 Å². The van der Waals surface area contributed by atoms with Crippen molar-refractivity contribution in [2.24, 2.45) is 0 Å². The molecule has 0 bridgehead atoms. The summed E-state index contributed by atoms with van der Waals surface area (Å²) in [5.74, 6) is 1.92. The van der Waals surface area contributed by atoms with Crippen LogP contribution in [0.3, 0.4) is 0 Å². The Kier molecular flexibility index (Phi) is 4.33. The maximum absolute atomic E-state index is 12.5. The number of piperazine rings is 1. The third kappa shape index (κ3) is 3.47. The first-order chi connectivity index (χ1) is 12.3. The summed E-state index contributed by atoms with van der Waals surface area (Å²) in [5, 5.41) is 1.09. The molecule has 6 nitrogen and oxygen atoms in total. The molecule has 1 aliphatic heterocycles. The van der Waals surface area contributed by atoms with Crippen LogP contribution in [0.1, 0.15) is 12.2 Å². The van der Waals surface area contributed by atoms with E-state index in [0.717, 1.165) is 48.7 Å². The van der Waals surface area contributed by atoms with Crippen molar-refractivity contribution >= 4 is 22.7 Å². The lowest BCUT2D eigenvalue weighted by atomic mass is 10.2. The maximum Gasteiger partial charge on any atom is 0.223 e. The molecule has 2 aromatic heterocycles. The average Bonchev–Trinajstić information content (AvgIpc) is 3.10. The smallest absolute Gasteiger partial charge is 0.223 e. The highest BCUT2D eigenvalue weighted by Crippen LogP contribution is 2.20. The predicted octanol–water partition coefficient (Wildman–Crippen LogP) is 2.50. The molecule has 0 spiro atoms. The van der Waals surface area contributed by atoms with Crippen molar-refractivity contribution in [1.82, 2.24) is 14.9 Å². The third-order valence-corrected chi connectivity index (χ3v) is 4.57. The number of fused-ring (bicyclic) bond motifs is 1. The zero-order chi connectivity index (χ0) is 17.1. The number of para-hydroxylation sites is 1. The second-order valence-electron chi connectivity index (χ2n) is 6.18. The third-order valence-electron chi connectivity index (χ3n) is 4.57. The van der Waals surface area contributed by atoms with Crippen molar-refractivity contribution in [3.63, 3.8) is 0 Å². The Balaban J connectivity index is 1.30. The average molecular weight is 336 g/mol. The van der Waals surface area contributed by atoms with E-state index in [1.54, 1.807) is 18.6 Å². The van der Waals surface area contributed by atoms with Crippen LogP contribution in [0.25, 0.3) is 11.0 Å². The van der Waals surface area contributed by atoms with E-state index in [9.17, 15) is 4.79 Å². The largest absolute Gasteiger partial charge is 0.461 e. The van der Waals surface area contributed by atoms with Gasteiger partial charge in [-0.15, -0.1) is 0 Å². The Morgan fingerprint density at radius 3 is 2.72 bits per heavy atom. The summed E-state index contributed by atoms with van der Waals surface area (Å²) >= 11 is 0. The number of furan rings is 1. The second-order valence-corrected chi connectivity index (χ2v) is 6.18. The number of aryl methyl sites for hydroxylation is 1. The highest BCUT2D eigenvalue weighted by molar-refractivity contribution is 5.79. The molecule has 1 aromatic carbocycles. The molecule has 0 radical (unpaired) electrons. The molecule has 0 unspecified atom stereocenters. The standard InChI is InChI=1S/C19H20N4O2/c24-19(6-5-16-13-15-3-1-2-4-17(15)25-16)23-11-9-22(10-12-23)18-14-20-7-8-21-18/h1-4,7-8,13-14H,5-6,9-12H2. The van der Waals surface area contributed by atoms with Gasteiger partial charge in [0.2, 0.25) is 5.91 Å². The molecule has 1 fully saturated rings. The van der Waals surface area contributed by atoms with Gasteiger partial charge in [0.15, 0.2) is 0 Å². The number of benzene rings is 1. The number of amides is 1. The van der Waals surface area contributed by atoms with E-state index in [0.29, 0.717) is 12.8 Å². The van der Waals surface area contributed by atoms with Gasteiger partial charge >= 0.3 is 0 Å². The van der Waals surface area contributed by atoms with Crippen LogP contribution in [-0.4, -0.2) is 47.0 Å². The van der Waals surface area contributed by atoms with E-state index in [1.165, 1.54) is 0 Å². The lowest BCUT2D eigenvalue weighted by Gasteiger charge is -2.35. The monoisotopic (exact) mass is 336 g/mol. The molecule has 1 aliphatic rings. The summed E-state index contributed by atoms with van der Waals surface area (Å²) in [5.41, 5.74) is 0.877. The van der Waals surface area contributed by atoms with E-state index in [2.05, 4.69) is 14.9 Å². The fraction of sp³-hybridized carbons (Fsp3) is 0.316. The second kappa shape index (κ2) is 6.93. The molecule has 1 saturated heterocycles. The van der Waals surface area contributed by atoms with Crippen LogP contribution in [0.2, 0.25) is 0 Å². The maximum atomic E-state index is 12.5. The number of nitrogens with zero attached hydrogens (tertiary/aromatic N) is 4. The van der Waals surface area contributed by atoms with Crippen LogP contribution in [0.4, 0.5) is 5.82 Å². The molecule has 3 aromatic rings. The highest BCUT2D eigenvalue weighted by atomic mass is 16.3. The molecule has 0 aliphatic carbocycles. The topological polar surface area (TPSA) is 62.5 Å². The van der Waals surface area contributed by atoms with E-state index >= 15 is 0 Å². The molecule has 0 N–H and O–H groups in total. The molecular weight excluding hydrogens is 316 g/mol. The summed E-state index contributed by atoms with van der Waals surface area (Å²) in [4.78, 5) is 25.0. The molecule has 25 heavy (non-hydrogen) atoms. The van der Waals surface area contributed by atoms with Crippen LogP contribution in [0.15, 0.2) is 53.3 Å². The highest BCUT2D eigenvalue weighted by Gasteiger charge is 2.22. The molecule has 0 saturated carbocycles. The van der Waals surface area contributed by atoms with Gasteiger partial charge in [-0.3, -0.25) is 9.78 Å². The van der Waals surface area contributed by atoms with E-state index in [4.69, 9.17) is 4.42 Å². The Bertz CT molecular complexity index is 821. The fourth-order valence-corrected chi connectivity index (χ4v) is 3.19. The van der Waals surface area contributed by atoms with Crippen LogP contribution in [0.5, 0.6) is 0 Å². The molecule has 3 heterocycles. The molecule has 4 rings (SSSR count). The summed E-state index contributed by atoms with van der Waals surface area (Å²) in [6.45, 7) is 3.01. The number of rotatable bonds is 4. The van der Waals surface area contributed by atoms with Crippen LogP contribution < -0.4 is 4.90 Å². The molecule has 0 atom stereocenters. The summed E-state index contributed by atoms with van der Waals surface area (Å²) in [6, 6.07) is 9.94. The SMILES string of the molecule is O=C(CCc1cc2ccccc2o1)N1CCN(c2cnccn2)CC1. The Labute approximate surface area is 146 Å². The fourth-order valence-electron chi connectivity index (χ4n) is 3.19.